The second-order valence-electron chi connectivity index (χ2n) is 5.73. The van der Waals surface area contributed by atoms with Crippen LogP contribution in [0.1, 0.15) is 35.3 Å². The van der Waals surface area contributed by atoms with Gasteiger partial charge in [0.2, 0.25) is 0 Å². The fraction of sp³-hybridized carbons (Fsp3) is 0.533. The van der Waals surface area contributed by atoms with Gasteiger partial charge in [0.1, 0.15) is 10.7 Å². The van der Waals surface area contributed by atoms with Crippen molar-refractivity contribution in [2.45, 2.75) is 25.3 Å². The fourth-order valence-electron chi connectivity index (χ4n) is 3.17. The smallest absolute Gasteiger partial charge is 0.272 e. The lowest BCUT2D eigenvalue weighted by Gasteiger charge is -2.43. The van der Waals surface area contributed by atoms with Crippen LogP contribution in [0, 0.1) is 0 Å². The van der Waals surface area contributed by atoms with E-state index in [1.54, 1.807) is 18.3 Å². The van der Waals surface area contributed by atoms with Crippen LogP contribution in [0.15, 0.2) is 18.3 Å². The Kier molecular flexibility index (Phi) is 4.17. The average molecular weight is 304 g/mol. The molecular weight excluding hydrogens is 284 g/mol. The third-order valence-electron chi connectivity index (χ3n) is 4.39. The molecule has 112 valence electrons. The lowest BCUT2D eigenvalue weighted by Crippen LogP contribution is -2.56. The Morgan fingerprint density at radius 3 is 2.86 bits per heavy atom. The highest BCUT2D eigenvalue weighted by Crippen LogP contribution is 2.21. The number of piperidine rings is 1. The molecule has 2 aliphatic heterocycles. The van der Waals surface area contributed by atoms with Crippen LogP contribution in [-0.2, 0) is 0 Å². The molecule has 2 aliphatic rings. The predicted octanol–water partition coefficient (Wildman–Crippen LogP) is 1.03. The summed E-state index contributed by atoms with van der Waals surface area (Å²) in [5, 5.41) is 0. The van der Waals surface area contributed by atoms with Crippen LogP contribution < -0.4 is 5.73 Å². The van der Waals surface area contributed by atoms with Gasteiger partial charge in [-0.25, -0.2) is 0 Å². The van der Waals surface area contributed by atoms with E-state index in [2.05, 4.69) is 9.88 Å². The summed E-state index contributed by atoms with van der Waals surface area (Å²) in [4.78, 5) is 21.5. The summed E-state index contributed by atoms with van der Waals surface area (Å²) >= 11 is 4.90. The summed E-state index contributed by atoms with van der Waals surface area (Å²) in [5.74, 6) is 0.00899. The molecule has 0 aromatic carbocycles. The minimum absolute atomic E-state index is 0.00899. The van der Waals surface area contributed by atoms with E-state index in [1.165, 1.54) is 25.8 Å². The lowest BCUT2D eigenvalue weighted by atomic mass is 9.99. The maximum absolute atomic E-state index is 12.5. The molecule has 6 heteroatoms. The van der Waals surface area contributed by atoms with E-state index in [-0.39, 0.29) is 5.91 Å². The molecule has 2 saturated heterocycles. The molecule has 1 amide bonds. The molecule has 0 spiro atoms. The second-order valence-corrected chi connectivity index (χ2v) is 6.17. The summed E-state index contributed by atoms with van der Waals surface area (Å²) in [6.45, 7) is 3.75. The maximum atomic E-state index is 12.5. The number of hydrogen-bond acceptors (Lipinski definition) is 4. The van der Waals surface area contributed by atoms with Crippen molar-refractivity contribution in [1.82, 2.24) is 14.8 Å². The minimum Gasteiger partial charge on any atom is -0.389 e. The van der Waals surface area contributed by atoms with Crippen LogP contribution in [-0.4, -0.2) is 57.9 Å². The standard InChI is InChI=1S/C15H20N4OS/c16-14(21)11-4-5-13(17-9-11)15(20)19-8-7-18-6-2-1-3-12(18)10-19/h4-5,9,12H,1-3,6-8,10H2,(H2,16,21). The number of aromatic nitrogens is 1. The number of carbonyl (C=O) groups excluding carboxylic acids is 1. The Bertz CT molecular complexity index is 545. The van der Waals surface area contributed by atoms with Gasteiger partial charge in [0.05, 0.1) is 0 Å². The number of hydrogen-bond donors (Lipinski definition) is 1. The Hall–Kier alpha value is -1.53. The fourth-order valence-corrected chi connectivity index (χ4v) is 3.29. The summed E-state index contributed by atoms with van der Waals surface area (Å²) in [6, 6.07) is 4.00. The van der Waals surface area contributed by atoms with Crippen LogP contribution in [0.2, 0.25) is 0 Å². The number of nitrogens with zero attached hydrogens (tertiary/aromatic N) is 3. The average Bonchev–Trinajstić information content (AvgIpc) is 2.54. The maximum Gasteiger partial charge on any atom is 0.272 e. The zero-order chi connectivity index (χ0) is 14.8. The topological polar surface area (TPSA) is 62.5 Å². The van der Waals surface area contributed by atoms with Crippen molar-refractivity contribution in [3.63, 3.8) is 0 Å². The summed E-state index contributed by atoms with van der Waals surface area (Å²) in [6.07, 6.45) is 5.32. The van der Waals surface area contributed by atoms with Crippen LogP contribution in [0.5, 0.6) is 0 Å². The first-order valence-corrected chi connectivity index (χ1v) is 7.85. The van der Waals surface area contributed by atoms with Crippen molar-refractivity contribution >= 4 is 23.1 Å². The van der Waals surface area contributed by atoms with Crippen molar-refractivity contribution in [3.8, 4) is 0 Å². The predicted molar refractivity (Wildman–Crippen MR) is 85.2 cm³/mol. The molecule has 0 radical (unpaired) electrons. The van der Waals surface area contributed by atoms with E-state index in [9.17, 15) is 4.79 Å². The van der Waals surface area contributed by atoms with Crippen molar-refractivity contribution in [1.29, 1.82) is 0 Å². The largest absolute Gasteiger partial charge is 0.389 e. The molecule has 3 rings (SSSR count). The molecule has 5 nitrogen and oxygen atoms in total. The van der Waals surface area contributed by atoms with Gasteiger partial charge in [-0.1, -0.05) is 18.6 Å². The van der Waals surface area contributed by atoms with Gasteiger partial charge in [0, 0.05) is 37.4 Å². The number of thiocarbonyl (C=S) groups is 1. The van der Waals surface area contributed by atoms with Crippen LogP contribution in [0.25, 0.3) is 0 Å². The number of piperazine rings is 1. The highest BCUT2D eigenvalue weighted by atomic mass is 32.1. The molecule has 3 heterocycles. The first kappa shape index (κ1) is 14.4. The Balaban J connectivity index is 1.68. The summed E-state index contributed by atoms with van der Waals surface area (Å²) in [7, 11) is 0. The number of rotatable bonds is 2. The van der Waals surface area contributed by atoms with Gasteiger partial charge < -0.3 is 10.6 Å². The second kappa shape index (κ2) is 6.07. The Morgan fingerprint density at radius 1 is 1.29 bits per heavy atom. The van der Waals surface area contributed by atoms with Crippen molar-refractivity contribution in [2.24, 2.45) is 5.73 Å². The quantitative estimate of drug-likeness (QED) is 0.827. The monoisotopic (exact) mass is 304 g/mol. The van der Waals surface area contributed by atoms with Gasteiger partial charge in [0.15, 0.2) is 0 Å². The number of fused-ring (bicyclic) bond motifs is 1. The normalized spacial score (nSPS) is 22.7. The first-order valence-electron chi connectivity index (χ1n) is 7.44. The molecular formula is C15H20N4OS. The van der Waals surface area contributed by atoms with E-state index >= 15 is 0 Å². The zero-order valence-electron chi connectivity index (χ0n) is 12.0. The molecule has 0 aliphatic carbocycles. The number of carbonyl (C=O) groups is 1. The highest BCUT2D eigenvalue weighted by Gasteiger charge is 2.31. The van der Waals surface area contributed by atoms with Crippen molar-refractivity contribution in [3.05, 3.63) is 29.6 Å². The molecule has 1 unspecified atom stereocenters. The van der Waals surface area contributed by atoms with Crippen molar-refractivity contribution < 1.29 is 4.79 Å². The molecule has 21 heavy (non-hydrogen) atoms. The molecule has 1 atom stereocenters. The van der Waals surface area contributed by atoms with Gasteiger partial charge in [-0.2, -0.15) is 0 Å². The molecule has 1 aromatic heterocycles. The van der Waals surface area contributed by atoms with Gasteiger partial charge in [-0.3, -0.25) is 14.7 Å². The van der Waals surface area contributed by atoms with Crippen molar-refractivity contribution in [2.75, 3.05) is 26.2 Å². The molecule has 2 N–H and O–H groups in total. The Labute approximate surface area is 130 Å². The van der Waals surface area contributed by atoms with E-state index < -0.39 is 0 Å². The van der Waals surface area contributed by atoms with Crippen LogP contribution >= 0.6 is 12.2 Å². The molecule has 0 bridgehead atoms. The van der Waals surface area contributed by atoms with Gasteiger partial charge in [-0.15, -0.1) is 0 Å². The third-order valence-corrected chi connectivity index (χ3v) is 4.63. The van der Waals surface area contributed by atoms with Gasteiger partial charge in [0.25, 0.3) is 5.91 Å². The summed E-state index contributed by atoms with van der Waals surface area (Å²) in [5.41, 5.74) is 6.71. The van der Waals surface area contributed by atoms with Crippen LogP contribution in [0.4, 0.5) is 0 Å². The molecule has 1 aromatic rings. The number of nitrogens with two attached hydrogens (primary N) is 1. The zero-order valence-corrected chi connectivity index (χ0v) is 12.8. The number of pyridine rings is 1. The van der Waals surface area contributed by atoms with E-state index in [0.717, 1.165) is 19.6 Å². The summed E-state index contributed by atoms with van der Waals surface area (Å²) < 4.78 is 0. The lowest BCUT2D eigenvalue weighted by molar-refractivity contribution is 0.0368. The van der Waals surface area contributed by atoms with Gasteiger partial charge in [-0.05, 0) is 31.5 Å². The highest BCUT2D eigenvalue weighted by molar-refractivity contribution is 7.80. The molecule has 0 saturated carbocycles. The number of amides is 1. The van der Waals surface area contributed by atoms with E-state index in [0.29, 0.717) is 22.3 Å². The van der Waals surface area contributed by atoms with Crippen LogP contribution in [0.3, 0.4) is 0 Å². The Morgan fingerprint density at radius 2 is 2.14 bits per heavy atom. The minimum atomic E-state index is 0.00899. The SMILES string of the molecule is NC(=S)c1ccc(C(=O)N2CCN3CCCCC3C2)nc1. The van der Waals surface area contributed by atoms with E-state index in [1.807, 2.05) is 4.90 Å². The first-order chi connectivity index (χ1) is 10.1. The van der Waals surface area contributed by atoms with Gasteiger partial charge >= 0.3 is 0 Å². The van der Waals surface area contributed by atoms with E-state index in [4.69, 9.17) is 18.0 Å². The molecule has 2 fully saturated rings. The third kappa shape index (κ3) is 3.06.